The lowest BCUT2D eigenvalue weighted by molar-refractivity contribution is 1.64. The van der Waals surface area contributed by atoms with Crippen molar-refractivity contribution in [1.82, 2.24) is 0 Å². The van der Waals surface area contributed by atoms with Gasteiger partial charge < -0.3 is 11.5 Å². The van der Waals surface area contributed by atoms with Gasteiger partial charge in [-0.3, -0.25) is 0 Å². The molecule has 2 heteroatoms. The van der Waals surface area contributed by atoms with Crippen molar-refractivity contribution in [2.75, 3.05) is 11.5 Å². The quantitative estimate of drug-likeness (QED) is 0.279. The van der Waals surface area contributed by atoms with Crippen LogP contribution in [0.2, 0.25) is 0 Å². The smallest absolute Gasteiger partial charge is 0.0320 e. The fourth-order valence-corrected chi connectivity index (χ4v) is 4.10. The van der Waals surface area contributed by atoms with Gasteiger partial charge in [-0.25, -0.2) is 0 Å². The van der Waals surface area contributed by atoms with Gasteiger partial charge in [-0.2, -0.15) is 0 Å². The van der Waals surface area contributed by atoms with E-state index in [-0.39, 0.29) is 0 Å². The summed E-state index contributed by atoms with van der Waals surface area (Å²) >= 11 is 0. The second kappa shape index (κ2) is 6.43. The maximum atomic E-state index is 6.21. The van der Waals surface area contributed by atoms with Gasteiger partial charge >= 0.3 is 0 Å². The van der Waals surface area contributed by atoms with E-state index in [0.717, 1.165) is 22.1 Å². The molecule has 0 unspecified atom stereocenters. The topological polar surface area (TPSA) is 52.0 Å². The molecule has 0 radical (unpaired) electrons. The molecular weight excluding hydrogens is 340 g/mol. The molecule has 0 saturated heterocycles. The first-order valence-corrected chi connectivity index (χ1v) is 9.37. The van der Waals surface area contributed by atoms with Crippen molar-refractivity contribution in [3.63, 3.8) is 0 Å². The van der Waals surface area contributed by atoms with Crippen molar-refractivity contribution in [3.8, 4) is 22.3 Å². The van der Waals surface area contributed by atoms with Gasteiger partial charge in [0, 0.05) is 11.4 Å². The molecule has 0 aliphatic rings. The van der Waals surface area contributed by atoms with Crippen molar-refractivity contribution in [1.29, 1.82) is 0 Å². The molecule has 0 saturated carbocycles. The Morgan fingerprint density at radius 1 is 0.393 bits per heavy atom. The standard InChI is InChI=1S/C26H20N2/c27-19-12-14-22-23(15-19)25(17-7-3-1-4-8-17)21-13-11-20(28)16-24(21)26(22)18-9-5-2-6-10-18/h1-16H,27-28H2. The van der Waals surface area contributed by atoms with Crippen LogP contribution in [0, 0.1) is 0 Å². The lowest BCUT2D eigenvalue weighted by Gasteiger charge is -2.18. The van der Waals surface area contributed by atoms with Gasteiger partial charge in [0.25, 0.3) is 0 Å². The van der Waals surface area contributed by atoms with Crippen LogP contribution in [0.1, 0.15) is 0 Å². The molecule has 5 rings (SSSR count). The molecule has 0 aromatic heterocycles. The summed E-state index contributed by atoms with van der Waals surface area (Å²) in [5.41, 5.74) is 18.7. The van der Waals surface area contributed by atoms with Crippen LogP contribution in [-0.4, -0.2) is 0 Å². The van der Waals surface area contributed by atoms with Crippen LogP contribution in [0.25, 0.3) is 43.8 Å². The molecule has 2 nitrogen and oxygen atoms in total. The van der Waals surface area contributed by atoms with E-state index in [1.807, 2.05) is 24.3 Å². The van der Waals surface area contributed by atoms with Gasteiger partial charge in [0.1, 0.15) is 0 Å². The van der Waals surface area contributed by atoms with E-state index in [9.17, 15) is 0 Å². The van der Waals surface area contributed by atoms with Gasteiger partial charge in [0.15, 0.2) is 0 Å². The summed E-state index contributed by atoms with van der Waals surface area (Å²) in [6.45, 7) is 0. The van der Waals surface area contributed by atoms with Gasteiger partial charge in [-0.15, -0.1) is 0 Å². The predicted octanol–water partition coefficient (Wildman–Crippen LogP) is 6.49. The van der Waals surface area contributed by atoms with E-state index in [2.05, 4.69) is 72.8 Å². The number of benzene rings is 5. The second-order valence-corrected chi connectivity index (χ2v) is 7.09. The maximum Gasteiger partial charge on any atom is 0.0320 e. The lowest BCUT2D eigenvalue weighted by atomic mass is 9.85. The molecule has 0 atom stereocenters. The monoisotopic (exact) mass is 360 g/mol. The zero-order valence-corrected chi connectivity index (χ0v) is 15.4. The van der Waals surface area contributed by atoms with Crippen molar-refractivity contribution >= 4 is 32.9 Å². The number of rotatable bonds is 2. The van der Waals surface area contributed by atoms with E-state index in [1.165, 1.54) is 33.0 Å². The summed E-state index contributed by atoms with van der Waals surface area (Å²) in [5, 5.41) is 4.67. The first-order valence-electron chi connectivity index (χ1n) is 9.37. The molecule has 0 aliphatic carbocycles. The summed E-state index contributed by atoms with van der Waals surface area (Å²) in [6.07, 6.45) is 0. The molecule has 5 aromatic rings. The number of hydrogen-bond acceptors (Lipinski definition) is 2. The Morgan fingerprint density at radius 3 is 1.18 bits per heavy atom. The third-order valence-corrected chi connectivity index (χ3v) is 5.29. The Bertz CT molecular complexity index is 1200. The van der Waals surface area contributed by atoms with E-state index in [0.29, 0.717) is 0 Å². The van der Waals surface area contributed by atoms with Crippen molar-refractivity contribution in [3.05, 3.63) is 97.1 Å². The highest BCUT2D eigenvalue weighted by Gasteiger charge is 2.16. The molecule has 0 amide bonds. The largest absolute Gasteiger partial charge is 0.399 e. The van der Waals surface area contributed by atoms with Crippen LogP contribution in [0.3, 0.4) is 0 Å². The Labute approximate surface area is 164 Å². The highest BCUT2D eigenvalue weighted by atomic mass is 14.5. The Balaban J connectivity index is 2.05. The first-order chi connectivity index (χ1) is 13.7. The predicted molar refractivity (Wildman–Crippen MR) is 121 cm³/mol. The SMILES string of the molecule is Nc1ccc2c(-c3ccccc3)c3cc(N)ccc3c(-c3ccccc3)c2c1. The molecule has 0 spiro atoms. The van der Waals surface area contributed by atoms with Crippen LogP contribution in [0.5, 0.6) is 0 Å². The molecule has 4 N–H and O–H groups in total. The second-order valence-electron chi connectivity index (χ2n) is 7.09. The first kappa shape index (κ1) is 16.4. The maximum absolute atomic E-state index is 6.21. The number of anilines is 2. The van der Waals surface area contributed by atoms with E-state index in [4.69, 9.17) is 11.5 Å². The molecule has 0 fully saturated rings. The molecule has 0 heterocycles. The summed E-state index contributed by atoms with van der Waals surface area (Å²) in [5.74, 6) is 0. The zero-order chi connectivity index (χ0) is 19.1. The summed E-state index contributed by atoms with van der Waals surface area (Å²) < 4.78 is 0. The fraction of sp³-hybridized carbons (Fsp3) is 0. The minimum atomic E-state index is 0.762. The molecule has 0 aliphatic heterocycles. The lowest BCUT2D eigenvalue weighted by Crippen LogP contribution is -1.94. The third-order valence-electron chi connectivity index (χ3n) is 5.29. The Hall–Kier alpha value is -3.78. The van der Waals surface area contributed by atoms with Gasteiger partial charge in [0.05, 0.1) is 0 Å². The Morgan fingerprint density at radius 2 is 0.786 bits per heavy atom. The number of hydrogen-bond donors (Lipinski definition) is 2. The molecule has 0 bridgehead atoms. The highest BCUT2D eigenvalue weighted by molar-refractivity contribution is 6.22. The van der Waals surface area contributed by atoms with Gasteiger partial charge in [0.2, 0.25) is 0 Å². The summed E-state index contributed by atoms with van der Waals surface area (Å²) in [7, 11) is 0. The molecule has 5 aromatic carbocycles. The highest BCUT2D eigenvalue weighted by Crippen LogP contribution is 2.44. The average Bonchev–Trinajstić information content (AvgIpc) is 2.73. The number of fused-ring (bicyclic) bond motifs is 2. The van der Waals surface area contributed by atoms with E-state index in [1.54, 1.807) is 0 Å². The molecular formula is C26H20N2. The summed E-state index contributed by atoms with van der Waals surface area (Å²) in [6, 6.07) is 33.3. The van der Waals surface area contributed by atoms with Crippen LogP contribution in [-0.2, 0) is 0 Å². The minimum Gasteiger partial charge on any atom is -0.399 e. The van der Waals surface area contributed by atoms with Crippen LogP contribution >= 0.6 is 0 Å². The number of nitrogens with two attached hydrogens (primary N) is 2. The molecule has 134 valence electrons. The zero-order valence-electron chi connectivity index (χ0n) is 15.4. The fourth-order valence-electron chi connectivity index (χ4n) is 4.10. The van der Waals surface area contributed by atoms with Crippen LogP contribution in [0.15, 0.2) is 97.1 Å². The van der Waals surface area contributed by atoms with Gasteiger partial charge in [-0.1, -0.05) is 72.8 Å². The number of nitrogen functional groups attached to an aromatic ring is 2. The van der Waals surface area contributed by atoms with Crippen molar-refractivity contribution in [2.45, 2.75) is 0 Å². The van der Waals surface area contributed by atoms with E-state index >= 15 is 0 Å². The normalized spacial score (nSPS) is 11.1. The third kappa shape index (κ3) is 2.58. The minimum absolute atomic E-state index is 0.762. The van der Waals surface area contributed by atoms with Crippen molar-refractivity contribution < 1.29 is 0 Å². The van der Waals surface area contributed by atoms with Crippen LogP contribution in [0.4, 0.5) is 11.4 Å². The van der Waals surface area contributed by atoms with Crippen molar-refractivity contribution in [2.24, 2.45) is 0 Å². The average molecular weight is 360 g/mol. The van der Waals surface area contributed by atoms with Crippen LogP contribution < -0.4 is 11.5 Å². The Kier molecular flexibility index (Phi) is 3.77. The summed E-state index contributed by atoms with van der Waals surface area (Å²) in [4.78, 5) is 0. The van der Waals surface area contributed by atoms with Gasteiger partial charge in [-0.05, 0) is 68.1 Å². The van der Waals surface area contributed by atoms with E-state index < -0.39 is 0 Å². The molecule has 28 heavy (non-hydrogen) atoms.